The highest BCUT2D eigenvalue weighted by atomic mass is 33.1. The number of nitrogens with zero attached hydrogens (tertiary/aromatic N) is 1. The first-order valence-electron chi connectivity index (χ1n) is 3.00. The first kappa shape index (κ1) is 8.01. The maximum absolute atomic E-state index is 5.23. The smallest absolute Gasteiger partial charge is 0.191 e. The third-order valence-electron chi connectivity index (χ3n) is 1.11. The first-order chi connectivity index (χ1) is 4.83. The molecule has 0 saturated carbocycles. The van der Waals surface area contributed by atoms with E-state index in [9.17, 15) is 0 Å². The molecule has 4 heteroatoms. The number of oxazole rings is 1. The fourth-order valence-corrected chi connectivity index (χ4v) is 1.23. The van der Waals surface area contributed by atoms with Gasteiger partial charge in [-0.25, -0.2) is 4.98 Å². The van der Waals surface area contributed by atoms with Gasteiger partial charge in [-0.05, 0) is 0 Å². The van der Waals surface area contributed by atoms with Crippen LogP contribution < -0.4 is 0 Å². The molecule has 0 atom stereocenters. The highest BCUT2D eigenvalue weighted by Crippen LogP contribution is 2.10. The molecule has 10 heavy (non-hydrogen) atoms. The van der Waals surface area contributed by atoms with Gasteiger partial charge in [-0.3, -0.25) is 0 Å². The fourth-order valence-electron chi connectivity index (χ4n) is 0.667. The van der Waals surface area contributed by atoms with Crippen molar-refractivity contribution >= 4 is 22.5 Å². The molecule has 1 heterocycles. The van der Waals surface area contributed by atoms with Crippen LogP contribution >= 0.6 is 22.5 Å². The highest BCUT2D eigenvalue weighted by molar-refractivity contribution is 8.68. The molecule has 1 aromatic rings. The lowest BCUT2D eigenvalue weighted by atomic mass is 10.4. The summed E-state index contributed by atoms with van der Waals surface area (Å²) in [5.74, 6) is 2.65. The van der Waals surface area contributed by atoms with E-state index in [-0.39, 0.29) is 0 Å². The Morgan fingerprint density at radius 3 is 3.10 bits per heavy atom. The predicted octanol–water partition coefficient (Wildman–Crippen LogP) is 2.10. The normalized spacial score (nSPS) is 10.2. The number of aromatic nitrogens is 1. The Labute approximate surface area is 69.2 Å². The van der Waals surface area contributed by atoms with Gasteiger partial charge in [0.25, 0.3) is 0 Å². The molecule has 1 rings (SSSR count). The number of aryl methyl sites for hydroxylation is 2. The second-order valence-corrected chi connectivity index (χ2v) is 3.37. The zero-order valence-corrected chi connectivity index (χ0v) is 7.41. The lowest BCUT2D eigenvalue weighted by Crippen LogP contribution is -1.81. The van der Waals surface area contributed by atoms with Crippen molar-refractivity contribution in [2.45, 2.75) is 13.3 Å². The topological polar surface area (TPSA) is 26.0 Å². The van der Waals surface area contributed by atoms with Gasteiger partial charge < -0.3 is 4.42 Å². The molecule has 0 aromatic carbocycles. The average molecular weight is 175 g/mol. The summed E-state index contributed by atoms with van der Waals surface area (Å²) >= 11 is 4.01. The zero-order valence-electron chi connectivity index (χ0n) is 5.70. The van der Waals surface area contributed by atoms with Gasteiger partial charge in [-0.1, -0.05) is 10.8 Å². The van der Waals surface area contributed by atoms with E-state index in [1.165, 1.54) is 10.8 Å². The van der Waals surface area contributed by atoms with E-state index < -0.39 is 0 Å². The van der Waals surface area contributed by atoms with Crippen LogP contribution in [0.2, 0.25) is 0 Å². The van der Waals surface area contributed by atoms with Gasteiger partial charge in [0.05, 0.1) is 6.20 Å². The second kappa shape index (κ2) is 3.93. The quantitative estimate of drug-likeness (QED) is 0.563. The number of thiol groups is 1. The van der Waals surface area contributed by atoms with Crippen LogP contribution in [0.15, 0.2) is 10.6 Å². The van der Waals surface area contributed by atoms with E-state index in [2.05, 4.69) is 16.6 Å². The number of rotatable bonds is 3. The Morgan fingerprint density at radius 2 is 2.60 bits per heavy atom. The molecule has 0 aliphatic rings. The lowest BCUT2D eigenvalue weighted by molar-refractivity contribution is 0.481. The molecule has 0 aliphatic carbocycles. The fraction of sp³-hybridized carbons (Fsp3) is 0.500. The van der Waals surface area contributed by atoms with E-state index in [0.717, 1.165) is 23.8 Å². The Hall–Kier alpha value is -0.0900. The van der Waals surface area contributed by atoms with Gasteiger partial charge in [0.1, 0.15) is 5.76 Å². The summed E-state index contributed by atoms with van der Waals surface area (Å²) in [6, 6.07) is 0. The minimum atomic E-state index is 0.735. The Balaban J connectivity index is 2.42. The van der Waals surface area contributed by atoms with Gasteiger partial charge in [-0.2, -0.15) is 0 Å². The van der Waals surface area contributed by atoms with Crippen molar-refractivity contribution in [2.24, 2.45) is 0 Å². The Bertz CT molecular complexity index is 199. The minimum absolute atomic E-state index is 0.735. The molecule has 0 N–H and O–H groups in total. The molecule has 1 aromatic heterocycles. The Kier molecular flexibility index (Phi) is 3.15. The zero-order chi connectivity index (χ0) is 7.40. The van der Waals surface area contributed by atoms with Crippen molar-refractivity contribution < 1.29 is 4.42 Å². The molecular weight excluding hydrogens is 166 g/mol. The molecule has 0 saturated heterocycles. The maximum Gasteiger partial charge on any atom is 0.191 e. The summed E-state index contributed by atoms with van der Waals surface area (Å²) < 4.78 is 5.23. The van der Waals surface area contributed by atoms with Crippen LogP contribution in [0, 0.1) is 6.92 Å². The molecule has 0 unspecified atom stereocenters. The van der Waals surface area contributed by atoms with Crippen molar-refractivity contribution in [3.63, 3.8) is 0 Å². The summed E-state index contributed by atoms with van der Waals surface area (Å²) in [5.41, 5.74) is 0. The largest absolute Gasteiger partial charge is 0.446 e. The predicted molar refractivity (Wildman–Crippen MR) is 46.4 cm³/mol. The van der Waals surface area contributed by atoms with Crippen molar-refractivity contribution in [3.05, 3.63) is 17.8 Å². The average Bonchev–Trinajstić information content (AvgIpc) is 2.31. The SMILES string of the molecule is Cc1ncc(CCSS)o1. The molecule has 0 spiro atoms. The minimum Gasteiger partial charge on any atom is -0.446 e. The summed E-state index contributed by atoms with van der Waals surface area (Å²) in [6.45, 7) is 1.84. The van der Waals surface area contributed by atoms with E-state index >= 15 is 0 Å². The molecule has 2 nitrogen and oxygen atoms in total. The van der Waals surface area contributed by atoms with Crippen LogP contribution in [0.1, 0.15) is 11.7 Å². The summed E-state index contributed by atoms with van der Waals surface area (Å²) in [5, 5.41) is 0. The third kappa shape index (κ3) is 2.27. The van der Waals surface area contributed by atoms with Crippen molar-refractivity contribution in [3.8, 4) is 0 Å². The summed E-state index contributed by atoms with van der Waals surface area (Å²) in [6.07, 6.45) is 2.67. The second-order valence-electron chi connectivity index (χ2n) is 1.93. The van der Waals surface area contributed by atoms with E-state index in [0.29, 0.717) is 0 Å². The van der Waals surface area contributed by atoms with Crippen molar-refractivity contribution in [2.75, 3.05) is 5.75 Å². The van der Waals surface area contributed by atoms with Gasteiger partial charge >= 0.3 is 0 Å². The van der Waals surface area contributed by atoms with E-state index in [1.807, 2.05) is 6.92 Å². The molecule has 0 bridgehead atoms. The van der Waals surface area contributed by atoms with Crippen LogP contribution in [0.4, 0.5) is 0 Å². The van der Waals surface area contributed by atoms with Crippen LogP contribution in [0.5, 0.6) is 0 Å². The van der Waals surface area contributed by atoms with Crippen molar-refractivity contribution in [1.82, 2.24) is 4.98 Å². The van der Waals surface area contributed by atoms with E-state index in [4.69, 9.17) is 4.42 Å². The summed E-state index contributed by atoms with van der Waals surface area (Å²) in [4.78, 5) is 3.97. The Morgan fingerprint density at radius 1 is 1.80 bits per heavy atom. The van der Waals surface area contributed by atoms with Gasteiger partial charge in [0.2, 0.25) is 0 Å². The van der Waals surface area contributed by atoms with Gasteiger partial charge in [0.15, 0.2) is 5.89 Å². The first-order valence-corrected chi connectivity index (χ1v) is 5.04. The van der Waals surface area contributed by atoms with Crippen LogP contribution in [0.3, 0.4) is 0 Å². The molecule has 0 radical (unpaired) electrons. The van der Waals surface area contributed by atoms with Crippen molar-refractivity contribution in [1.29, 1.82) is 0 Å². The van der Waals surface area contributed by atoms with Crippen LogP contribution in [0.25, 0.3) is 0 Å². The van der Waals surface area contributed by atoms with Crippen LogP contribution in [-0.2, 0) is 6.42 Å². The van der Waals surface area contributed by atoms with Gasteiger partial charge in [0, 0.05) is 19.1 Å². The third-order valence-corrected chi connectivity index (χ3v) is 2.04. The number of hydrogen-bond acceptors (Lipinski definition) is 4. The summed E-state index contributed by atoms with van der Waals surface area (Å²) in [7, 11) is 1.51. The maximum atomic E-state index is 5.23. The molecule has 0 fully saturated rings. The standard InChI is InChI=1S/C6H9NOS2/c1-5-7-4-6(8-5)2-3-10-9/h4,9H,2-3H2,1H3. The monoisotopic (exact) mass is 175 g/mol. The van der Waals surface area contributed by atoms with Crippen LogP contribution in [-0.4, -0.2) is 10.7 Å². The number of hydrogen-bond donors (Lipinski definition) is 1. The van der Waals surface area contributed by atoms with Gasteiger partial charge in [-0.15, -0.1) is 11.7 Å². The lowest BCUT2D eigenvalue weighted by Gasteiger charge is -1.89. The van der Waals surface area contributed by atoms with E-state index in [1.54, 1.807) is 6.20 Å². The molecule has 0 aliphatic heterocycles. The highest BCUT2D eigenvalue weighted by Gasteiger charge is 1.97. The molecule has 0 amide bonds. The molecular formula is C6H9NOS2. The molecule has 56 valence electrons.